The second-order valence-corrected chi connectivity index (χ2v) is 5.27. The number of hydrogen-bond acceptors (Lipinski definition) is 3. The van der Waals surface area contributed by atoms with Gasteiger partial charge in [-0.25, -0.2) is 9.59 Å². The molecular formula is C15H18F3N3O3. The maximum Gasteiger partial charge on any atom is 0.418 e. The van der Waals surface area contributed by atoms with Gasteiger partial charge in [0.2, 0.25) is 0 Å². The number of amides is 3. The van der Waals surface area contributed by atoms with E-state index in [2.05, 4.69) is 10.1 Å². The van der Waals surface area contributed by atoms with Crippen molar-refractivity contribution in [2.45, 2.75) is 12.6 Å². The summed E-state index contributed by atoms with van der Waals surface area (Å²) in [6, 6.07) is 4.18. The van der Waals surface area contributed by atoms with Crippen LogP contribution in [0.15, 0.2) is 24.3 Å². The summed E-state index contributed by atoms with van der Waals surface area (Å²) in [4.78, 5) is 26.6. The van der Waals surface area contributed by atoms with Crippen molar-refractivity contribution in [3.05, 3.63) is 29.8 Å². The molecule has 0 aliphatic carbocycles. The van der Waals surface area contributed by atoms with Crippen molar-refractivity contribution in [1.29, 1.82) is 0 Å². The average molecular weight is 345 g/mol. The summed E-state index contributed by atoms with van der Waals surface area (Å²) >= 11 is 0. The number of halogens is 3. The van der Waals surface area contributed by atoms with Crippen LogP contribution in [0, 0.1) is 0 Å². The Balaban J connectivity index is 2.04. The van der Waals surface area contributed by atoms with E-state index in [0.29, 0.717) is 19.5 Å². The number of para-hydroxylation sites is 1. The molecule has 1 aliphatic rings. The molecule has 24 heavy (non-hydrogen) atoms. The zero-order chi connectivity index (χ0) is 17.7. The summed E-state index contributed by atoms with van der Waals surface area (Å²) in [5.41, 5.74) is -1.19. The fourth-order valence-electron chi connectivity index (χ4n) is 2.47. The second kappa shape index (κ2) is 7.41. The number of anilines is 1. The number of ether oxygens (including phenoxy) is 1. The lowest BCUT2D eigenvalue weighted by atomic mass is 10.1. The lowest BCUT2D eigenvalue weighted by molar-refractivity contribution is -0.136. The zero-order valence-corrected chi connectivity index (χ0v) is 13.1. The van der Waals surface area contributed by atoms with Gasteiger partial charge in [0, 0.05) is 26.2 Å². The molecule has 0 spiro atoms. The summed E-state index contributed by atoms with van der Waals surface area (Å²) < 4.78 is 43.5. The van der Waals surface area contributed by atoms with Crippen LogP contribution >= 0.6 is 0 Å². The second-order valence-electron chi connectivity index (χ2n) is 5.27. The minimum Gasteiger partial charge on any atom is -0.453 e. The highest BCUT2D eigenvalue weighted by molar-refractivity contribution is 5.90. The van der Waals surface area contributed by atoms with Crippen LogP contribution in [0.5, 0.6) is 0 Å². The zero-order valence-electron chi connectivity index (χ0n) is 13.1. The highest BCUT2D eigenvalue weighted by Gasteiger charge is 2.34. The van der Waals surface area contributed by atoms with Gasteiger partial charge in [-0.15, -0.1) is 0 Å². The maximum absolute atomic E-state index is 13.0. The molecule has 1 aliphatic heterocycles. The monoisotopic (exact) mass is 345 g/mol. The summed E-state index contributed by atoms with van der Waals surface area (Å²) in [5, 5.41) is 2.30. The number of carbonyl (C=O) groups is 2. The van der Waals surface area contributed by atoms with E-state index < -0.39 is 23.9 Å². The molecule has 0 saturated carbocycles. The Morgan fingerprint density at radius 3 is 2.38 bits per heavy atom. The van der Waals surface area contributed by atoms with E-state index in [0.717, 1.165) is 6.07 Å². The summed E-state index contributed by atoms with van der Waals surface area (Å²) in [7, 11) is 1.27. The van der Waals surface area contributed by atoms with Gasteiger partial charge in [0.05, 0.1) is 18.4 Å². The Morgan fingerprint density at radius 2 is 1.71 bits per heavy atom. The van der Waals surface area contributed by atoms with Gasteiger partial charge in [-0.2, -0.15) is 13.2 Å². The van der Waals surface area contributed by atoms with E-state index in [1.165, 1.54) is 35.1 Å². The molecule has 9 heteroatoms. The Hall–Kier alpha value is -2.45. The number of benzene rings is 1. The van der Waals surface area contributed by atoms with Crippen molar-refractivity contribution in [3.8, 4) is 0 Å². The Kier molecular flexibility index (Phi) is 5.53. The molecule has 0 aromatic heterocycles. The molecule has 132 valence electrons. The number of hydrogen-bond donors (Lipinski definition) is 1. The lowest BCUT2D eigenvalue weighted by Crippen LogP contribution is -2.39. The molecule has 0 bridgehead atoms. The molecule has 1 saturated heterocycles. The SMILES string of the molecule is COC(=O)N1CCCN(C(=O)Nc2ccccc2C(F)(F)F)CC1. The number of carbonyl (C=O) groups excluding carboxylic acids is 2. The Morgan fingerprint density at radius 1 is 1.08 bits per heavy atom. The highest BCUT2D eigenvalue weighted by Crippen LogP contribution is 2.34. The molecule has 3 amide bonds. The van der Waals surface area contributed by atoms with Crippen molar-refractivity contribution in [2.24, 2.45) is 0 Å². The lowest BCUT2D eigenvalue weighted by Gasteiger charge is -2.22. The predicted octanol–water partition coefficient (Wildman–Crippen LogP) is 3.01. The Labute approximate surface area is 137 Å². The summed E-state index contributed by atoms with van der Waals surface area (Å²) in [6.45, 7) is 1.25. The molecule has 1 N–H and O–H groups in total. The van der Waals surface area contributed by atoms with E-state index in [1.807, 2.05) is 0 Å². The quantitative estimate of drug-likeness (QED) is 0.851. The number of urea groups is 1. The van der Waals surface area contributed by atoms with Crippen LogP contribution in [-0.4, -0.2) is 55.2 Å². The first-order chi connectivity index (χ1) is 11.3. The topological polar surface area (TPSA) is 61.9 Å². The molecule has 0 radical (unpaired) electrons. The fraction of sp³-hybridized carbons (Fsp3) is 0.467. The molecule has 2 rings (SSSR count). The number of rotatable bonds is 1. The number of nitrogens with one attached hydrogen (secondary N) is 1. The van der Waals surface area contributed by atoms with Gasteiger partial charge in [0.1, 0.15) is 0 Å². The smallest absolute Gasteiger partial charge is 0.418 e. The molecule has 1 aromatic carbocycles. The molecule has 0 unspecified atom stereocenters. The third kappa shape index (κ3) is 4.30. The van der Waals surface area contributed by atoms with Crippen molar-refractivity contribution < 1.29 is 27.5 Å². The third-order valence-corrected chi connectivity index (χ3v) is 3.69. The fourth-order valence-corrected chi connectivity index (χ4v) is 2.47. The third-order valence-electron chi connectivity index (χ3n) is 3.69. The number of methoxy groups -OCH3 is 1. The number of alkyl halides is 3. The standard InChI is InChI=1S/C15H18F3N3O3/c1-24-14(23)21-8-4-7-20(9-10-21)13(22)19-12-6-3-2-5-11(12)15(16,17)18/h2-3,5-6H,4,7-10H2,1H3,(H,19,22). The van der Waals surface area contributed by atoms with Crippen LogP contribution in [0.1, 0.15) is 12.0 Å². The minimum absolute atomic E-state index is 0.217. The van der Waals surface area contributed by atoms with Crippen LogP contribution < -0.4 is 5.32 Å². The van der Waals surface area contributed by atoms with E-state index in [9.17, 15) is 22.8 Å². The van der Waals surface area contributed by atoms with E-state index >= 15 is 0 Å². The van der Waals surface area contributed by atoms with Gasteiger partial charge in [-0.05, 0) is 18.6 Å². The first-order valence-electron chi connectivity index (χ1n) is 7.38. The van der Waals surface area contributed by atoms with Crippen LogP contribution in [0.4, 0.5) is 28.4 Å². The van der Waals surface area contributed by atoms with Crippen LogP contribution in [0.25, 0.3) is 0 Å². The maximum atomic E-state index is 13.0. The van der Waals surface area contributed by atoms with Gasteiger partial charge in [-0.3, -0.25) is 0 Å². The van der Waals surface area contributed by atoms with Crippen LogP contribution in [0.2, 0.25) is 0 Å². The van der Waals surface area contributed by atoms with E-state index in [1.54, 1.807) is 0 Å². The normalized spacial score (nSPS) is 15.7. The molecule has 6 nitrogen and oxygen atoms in total. The molecule has 0 atom stereocenters. The van der Waals surface area contributed by atoms with Crippen molar-refractivity contribution in [3.63, 3.8) is 0 Å². The number of nitrogens with zero attached hydrogens (tertiary/aromatic N) is 2. The van der Waals surface area contributed by atoms with Crippen LogP contribution in [0.3, 0.4) is 0 Å². The first kappa shape index (κ1) is 17.9. The average Bonchev–Trinajstić information content (AvgIpc) is 2.79. The molecule has 1 heterocycles. The highest BCUT2D eigenvalue weighted by atomic mass is 19.4. The van der Waals surface area contributed by atoms with Gasteiger partial charge in [0.15, 0.2) is 0 Å². The summed E-state index contributed by atoms with van der Waals surface area (Å²) in [6.07, 6.45) is -4.52. The predicted molar refractivity (Wildman–Crippen MR) is 80.6 cm³/mol. The molecular weight excluding hydrogens is 327 g/mol. The molecule has 1 aromatic rings. The Bertz CT molecular complexity index is 607. The van der Waals surface area contributed by atoms with E-state index in [4.69, 9.17) is 0 Å². The van der Waals surface area contributed by atoms with Crippen molar-refractivity contribution in [2.75, 3.05) is 38.6 Å². The summed E-state index contributed by atoms with van der Waals surface area (Å²) in [5.74, 6) is 0. The first-order valence-corrected chi connectivity index (χ1v) is 7.38. The van der Waals surface area contributed by atoms with Gasteiger partial charge in [-0.1, -0.05) is 12.1 Å². The minimum atomic E-state index is -4.55. The van der Waals surface area contributed by atoms with Gasteiger partial charge >= 0.3 is 18.3 Å². The largest absolute Gasteiger partial charge is 0.453 e. The van der Waals surface area contributed by atoms with Crippen molar-refractivity contribution >= 4 is 17.8 Å². The van der Waals surface area contributed by atoms with E-state index in [-0.39, 0.29) is 18.8 Å². The van der Waals surface area contributed by atoms with Gasteiger partial charge < -0.3 is 19.9 Å². The van der Waals surface area contributed by atoms with Crippen molar-refractivity contribution in [1.82, 2.24) is 9.80 Å². The van der Waals surface area contributed by atoms with Crippen LogP contribution in [-0.2, 0) is 10.9 Å². The molecule has 1 fully saturated rings. The van der Waals surface area contributed by atoms with Gasteiger partial charge in [0.25, 0.3) is 0 Å².